The van der Waals surface area contributed by atoms with E-state index in [0.29, 0.717) is 5.54 Å². The van der Waals surface area contributed by atoms with Crippen LogP contribution in [0.5, 0.6) is 0 Å². The molecule has 2 rings (SSSR count). The minimum absolute atomic E-state index is 0.383. The Bertz CT molecular complexity index is 260. The van der Waals surface area contributed by atoms with Crippen LogP contribution in [0.2, 0.25) is 0 Å². The number of hydrogen-bond acceptors (Lipinski definition) is 2. The van der Waals surface area contributed by atoms with E-state index < -0.39 is 0 Å². The lowest BCUT2D eigenvalue weighted by Gasteiger charge is -2.39. The molecular formula is C17H34N2. The topological polar surface area (TPSA) is 15.3 Å². The van der Waals surface area contributed by atoms with Crippen molar-refractivity contribution in [1.82, 2.24) is 10.2 Å². The Balaban J connectivity index is 2.01. The Morgan fingerprint density at radius 1 is 1.05 bits per heavy atom. The van der Waals surface area contributed by atoms with Gasteiger partial charge in [0, 0.05) is 18.1 Å². The third kappa shape index (κ3) is 3.95. The summed E-state index contributed by atoms with van der Waals surface area (Å²) in [5, 5.41) is 3.85. The van der Waals surface area contributed by atoms with E-state index in [2.05, 4.69) is 31.0 Å². The van der Waals surface area contributed by atoms with Gasteiger partial charge < -0.3 is 5.32 Å². The van der Waals surface area contributed by atoms with Crippen molar-refractivity contribution in [3.05, 3.63) is 0 Å². The van der Waals surface area contributed by atoms with Crippen LogP contribution in [0.25, 0.3) is 0 Å². The van der Waals surface area contributed by atoms with Gasteiger partial charge in [-0.15, -0.1) is 0 Å². The van der Waals surface area contributed by atoms with Crippen molar-refractivity contribution in [2.75, 3.05) is 19.6 Å². The molecule has 2 atom stereocenters. The molecule has 0 amide bonds. The zero-order valence-electron chi connectivity index (χ0n) is 13.4. The smallest absolute Gasteiger partial charge is 0.0303 e. The molecule has 19 heavy (non-hydrogen) atoms. The fraction of sp³-hybridized carbons (Fsp3) is 1.00. The SMILES string of the molecule is CCC1(CC)CN(C2CCCC(C)CC2)CCCN1. The Morgan fingerprint density at radius 3 is 2.58 bits per heavy atom. The highest BCUT2D eigenvalue weighted by atomic mass is 15.2. The lowest BCUT2D eigenvalue weighted by Crippen LogP contribution is -2.52. The van der Waals surface area contributed by atoms with E-state index in [0.717, 1.165) is 12.0 Å². The van der Waals surface area contributed by atoms with Crippen LogP contribution in [0.3, 0.4) is 0 Å². The minimum Gasteiger partial charge on any atom is -0.310 e. The molecule has 1 aliphatic heterocycles. The molecule has 2 heteroatoms. The van der Waals surface area contributed by atoms with Crippen molar-refractivity contribution >= 4 is 0 Å². The van der Waals surface area contributed by atoms with Crippen molar-refractivity contribution in [2.24, 2.45) is 5.92 Å². The van der Waals surface area contributed by atoms with Crippen LogP contribution in [0, 0.1) is 5.92 Å². The minimum atomic E-state index is 0.383. The highest BCUT2D eigenvalue weighted by molar-refractivity contribution is 4.93. The van der Waals surface area contributed by atoms with Crippen molar-refractivity contribution < 1.29 is 0 Å². The van der Waals surface area contributed by atoms with Gasteiger partial charge in [0.05, 0.1) is 0 Å². The number of hydrogen-bond donors (Lipinski definition) is 1. The van der Waals surface area contributed by atoms with Crippen molar-refractivity contribution in [3.63, 3.8) is 0 Å². The lowest BCUT2D eigenvalue weighted by molar-refractivity contribution is 0.136. The molecule has 1 saturated carbocycles. The largest absolute Gasteiger partial charge is 0.310 e. The molecule has 1 N–H and O–H groups in total. The molecule has 0 bridgehead atoms. The lowest BCUT2D eigenvalue weighted by atomic mass is 9.91. The van der Waals surface area contributed by atoms with E-state index >= 15 is 0 Å². The van der Waals surface area contributed by atoms with Crippen LogP contribution in [-0.4, -0.2) is 36.1 Å². The zero-order chi connectivity index (χ0) is 13.7. The summed E-state index contributed by atoms with van der Waals surface area (Å²) >= 11 is 0. The van der Waals surface area contributed by atoms with Gasteiger partial charge in [-0.2, -0.15) is 0 Å². The van der Waals surface area contributed by atoms with Gasteiger partial charge in [-0.25, -0.2) is 0 Å². The molecule has 1 heterocycles. The van der Waals surface area contributed by atoms with E-state index in [1.54, 1.807) is 0 Å². The summed E-state index contributed by atoms with van der Waals surface area (Å²) in [5.41, 5.74) is 0.383. The summed E-state index contributed by atoms with van der Waals surface area (Å²) in [4.78, 5) is 2.84. The maximum absolute atomic E-state index is 3.85. The third-order valence-electron chi connectivity index (χ3n) is 5.72. The Morgan fingerprint density at radius 2 is 1.84 bits per heavy atom. The summed E-state index contributed by atoms with van der Waals surface area (Å²) in [6, 6.07) is 0.863. The van der Waals surface area contributed by atoms with E-state index in [4.69, 9.17) is 0 Å². The molecule has 0 spiro atoms. The first kappa shape index (κ1) is 15.3. The van der Waals surface area contributed by atoms with Gasteiger partial charge in [0.1, 0.15) is 0 Å². The zero-order valence-corrected chi connectivity index (χ0v) is 13.4. The Kier molecular flexibility index (Phi) is 5.70. The summed E-state index contributed by atoms with van der Waals surface area (Å²) in [7, 11) is 0. The monoisotopic (exact) mass is 266 g/mol. The molecule has 1 saturated heterocycles. The van der Waals surface area contributed by atoms with Crippen LogP contribution < -0.4 is 5.32 Å². The first-order valence-electron chi connectivity index (χ1n) is 8.68. The maximum atomic E-state index is 3.85. The van der Waals surface area contributed by atoms with Gasteiger partial charge in [0.15, 0.2) is 0 Å². The highest BCUT2D eigenvalue weighted by Gasteiger charge is 2.33. The first-order valence-corrected chi connectivity index (χ1v) is 8.68. The van der Waals surface area contributed by atoms with Crippen molar-refractivity contribution in [3.8, 4) is 0 Å². The number of nitrogens with one attached hydrogen (secondary N) is 1. The molecule has 2 fully saturated rings. The first-order chi connectivity index (χ1) is 9.19. The van der Waals surface area contributed by atoms with Gasteiger partial charge in [-0.1, -0.05) is 33.6 Å². The molecule has 112 valence electrons. The van der Waals surface area contributed by atoms with E-state index in [9.17, 15) is 0 Å². The second-order valence-corrected chi connectivity index (χ2v) is 7.01. The second-order valence-electron chi connectivity index (χ2n) is 7.01. The van der Waals surface area contributed by atoms with Crippen molar-refractivity contribution in [2.45, 2.75) is 83.7 Å². The Hall–Kier alpha value is -0.0800. The molecule has 0 aromatic rings. The highest BCUT2D eigenvalue weighted by Crippen LogP contribution is 2.29. The quantitative estimate of drug-likeness (QED) is 0.782. The molecule has 2 unspecified atom stereocenters. The molecule has 2 aliphatic rings. The van der Waals surface area contributed by atoms with E-state index in [1.807, 2.05) is 0 Å². The van der Waals surface area contributed by atoms with Crippen LogP contribution in [0.15, 0.2) is 0 Å². The van der Waals surface area contributed by atoms with Crippen LogP contribution >= 0.6 is 0 Å². The van der Waals surface area contributed by atoms with Crippen LogP contribution in [0.1, 0.15) is 72.1 Å². The van der Waals surface area contributed by atoms with Gasteiger partial charge in [0.2, 0.25) is 0 Å². The molecule has 2 nitrogen and oxygen atoms in total. The summed E-state index contributed by atoms with van der Waals surface area (Å²) in [6.45, 7) is 11.0. The van der Waals surface area contributed by atoms with Crippen LogP contribution in [-0.2, 0) is 0 Å². The molecule has 0 radical (unpaired) electrons. The van der Waals surface area contributed by atoms with Gasteiger partial charge in [-0.05, 0) is 57.5 Å². The van der Waals surface area contributed by atoms with Gasteiger partial charge in [0.25, 0.3) is 0 Å². The van der Waals surface area contributed by atoms with Gasteiger partial charge in [-0.3, -0.25) is 4.90 Å². The molecular weight excluding hydrogens is 232 g/mol. The molecule has 0 aromatic carbocycles. The summed E-state index contributed by atoms with van der Waals surface area (Å²) in [5.74, 6) is 0.956. The third-order valence-corrected chi connectivity index (χ3v) is 5.72. The maximum Gasteiger partial charge on any atom is 0.0303 e. The number of nitrogens with zero attached hydrogens (tertiary/aromatic N) is 1. The fourth-order valence-electron chi connectivity index (χ4n) is 4.03. The summed E-state index contributed by atoms with van der Waals surface area (Å²) in [6.07, 6.45) is 11.1. The number of rotatable bonds is 3. The van der Waals surface area contributed by atoms with E-state index in [1.165, 1.54) is 71.0 Å². The predicted octanol–water partition coefficient (Wildman–Crippen LogP) is 3.81. The van der Waals surface area contributed by atoms with Crippen LogP contribution in [0.4, 0.5) is 0 Å². The average molecular weight is 266 g/mol. The predicted molar refractivity (Wildman–Crippen MR) is 83.5 cm³/mol. The molecule has 1 aliphatic carbocycles. The second kappa shape index (κ2) is 7.08. The fourth-order valence-corrected chi connectivity index (χ4v) is 4.03. The van der Waals surface area contributed by atoms with E-state index in [-0.39, 0.29) is 0 Å². The molecule has 0 aromatic heterocycles. The van der Waals surface area contributed by atoms with Gasteiger partial charge >= 0.3 is 0 Å². The average Bonchev–Trinajstić information content (AvgIpc) is 2.77. The van der Waals surface area contributed by atoms with Crippen molar-refractivity contribution in [1.29, 1.82) is 0 Å². The normalized spacial score (nSPS) is 33.6. The Labute approximate surface area is 120 Å². The standard InChI is InChI=1S/C17H34N2/c1-4-17(5-2)14-19(13-7-12-18-17)16-9-6-8-15(3)10-11-16/h15-16,18H,4-14H2,1-3H3. The summed E-state index contributed by atoms with van der Waals surface area (Å²) < 4.78 is 0.